The van der Waals surface area contributed by atoms with Gasteiger partial charge in [0.05, 0.1) is 18.1 Å². The molecule has 0 spiro atoms. The van der Waals surface area contributed by atoms with Gasteiger partial charge in [-0.3, -0.25) is 4.79 Å². The summed E-state index contributed by atoms with van der Waals surface area (Å²) in [5.41, 5.74) is 0.724. The predicted octanol–water partition coefficient (Wildman–Crippen LogP) is 1.61. The molecule has 0 radical (unpaired) electrons. The molecule has 2 rings (SSSR count). The Hall–Kier alpha value is -1.88. The molecule has 20 heavy (non-hydrogen) atoms. The summed E-state index contributed by atoms with van der Waals surface area (Å²) in [4.78, 5) is 23.0. The number of carbonyl (C=O) groups excluding carboxylic acids is 1. The number of carbonyl (C=O) groups is 2. The highest BCUT2D eigenvalue weighted by atomic mass is 16.5. The smallest absolute Gasteiger partial charge is 0.335 e. The Morgan fingerprint density at radius 3 is 2.70 bits per heavy atom. The Morgan fingerprint density at radius 1 is 1.35 bits per heavy atom. The number of hydrogen-bond acceptors (Lipinski definition) is 3. The van der Waals surface area contributed by atoms with Gasteiger partial charge in [0.15, 0.2) is 0 Å². The lowest BCUT2D eigenvalue weighted by molar-refractivity contribution is -0.123. The van der Waals surface area contributed by atoms with Crippen LogP contribution in [-0.2, 0) is 16.0 Å². The van der Waals surface area contributed by atoms with Crippen LogP contribution in [0.15, 0.2) is 24.3 Å². The number of carboxylic acid groups (broad SMARTS) is 1. The van der Waals surface area contributed by atoms with E-state index in [2.05, 4.69) is 5.32 Å². The van der Waals surface area contributed by atoms with E-state index in [-0.39, 0.29) is 30.0 Å². The first-order chi connectivity index (χ1) is 9.60. The minimum atomic E-state index is -1.01. The molecule has 1 aliphatic rings. The highest BCUT2D eigenvalue weighted by Gasteiger charge is 2.30. The van der Waals surface area contributed by atoms with Gasteiger partial charge in [-0.15, -0.1) is 0 Å². The van der Waals surface area contributed by atoms with Crippen LogP contribution >= 0.6 is 0 Å². The van der Waals surface area contributed by atoms with Crippen molar-refractivity contribution in [1.29, 1.82) is 0 Å². The summed E-state index contributed by atoms with van der Waals surface area (Å²) in [7, 11) is 0. The zero-order valence-corrected chi connectivity index (χ0v) is 11.5. The van der Waals surface area contributed by atoms with Crippen molar-refractivity contribution in [3.63, 3.8) is 0 Å². The average Bonchev–Trinajstić information content (AvgIpc) is 2.36. The summed E-state index contributed by atoms with van der Waals surface area (Å²) in [5, 5.41) is 12.0. The van der Waals surface area contributed by atoms with Crippen LogP contribution in [-0.4, -0.2) is 35.7 Å². The van der Waals surface area contributed by atoms with Crippen molar-refractivity contribution in [2.45, 2.75) is 38.3 Å². The zero-order chi connectivity index (χ0) is 14.5. The Morgan fingerprint density at radius 2 is 2.05 bits per heavy atom. The van der Waals surface area contributed by atoms with Gasteiger partial charge in [-0.25, -0.2) is 4.79 Å². The van der Waals surface area contributed by atoms with Gasteiger partial charge in [0, 0.05) is 12.6 Å². The zero-order valence-electron chi connectivity index (χ0n) is 11.5. The van der Waals surface area contributed by atoms with Crippen molar-refractivity contribution >= 4 is 11.9 Å². The molecule has 5 nitrogen and oxygen atoms in total. The molecular formula is C15H19NO4. The molecule has 0 saturated heterocycles. The number of benzene rings is 1. The number of ether oxygens (including phenoxy) is 1. The minimum Gasteiger partial charge on any atom is -0.478 e. The third kappa shape index (κ3) is 3.57. The number of aromatic carboxylic acids is 1. The second-order valence-corrected chi connectivity index (χ2v) is 4.95. The third-order valence-corrected chi connectivity index (χ3v) is 3.46. The fourth-order valence-corrected chi connectivity index (χ4v) is 2.39. The molecule has 0 heterocycles. The average molecular weight is 277 g/mol. The maximum absolute atomic E-state index is 11.9. The van der Waals surface area contributed by atoms with E-state index in [0.29, 0.717) is 12.2 Å². The quantitative estimate of drug-likeness (QED) is 0.828. The first-order valence-corrected chi connectivity index (χ1v) is 6.82. The van der Waals surface area contributed by atoms with Crippen LogP contribution in [0.5, 0.6) is 0 Å². The molecule has 2 N–H and O–H groups in total. The molecule has 0 aliphatic heterocycles. The summed E-state index contributed by atoms with van der Waals surface area (Å²) < 4.78 is 5.43. The van der Waals surface area contributed by atoms with Gasteiger partial charge in [0.2, 0.25) is 5.91 Å². The van der Waals surface area contributed by atoms with Crippen molar-refractivity contribution in [3.05, 3.63) is 35.4 Å². The van der Waals surface area contributed by atoms with Crippen LogP contribution in [0.4, 0.5) is 0 Å². The molecule has 0 aromatic heterocycles. The molecule has 0 unspecified atom stereocenters. The van der Waals surface area contributed by atoms with E-state index in [1.54, 1.807) is 18.2 Å². The van der Waals surface area contributed by atoms with Gasteiger partial charge in [-0.1, -0.05) is 18.2 Å². The van der Waals surface area contributed by atoms with E-state index >= 15 is 0 Å². The van der Waals surface area contributed by atoms with Crippen LogP contribution in [0.2, 0.25) is 0 Å². The highest BCUT2D eigenvalue weighted by molar-refractivity contribution is 5.91. The van der Waals surface area contributed by atoms with Crippen molar-refractivity contribution in [1.82, 2.24) is 5.32 Å². The number of nitrogens with one attached hydrogen (secondary N) is 1. The van der Waals surface area contributed by atoms with Crippen LogP contribution in [0.3, 0.4) is 0 Å². The van der Waals surface area contributed by atoms with Crippen molar-refractivity contribution in [3.8, 4) is 0 Å². The van der Waals surface area contributed by atoms with Crippen LogP contribution in [0.1, 0.15) is 35.7 Å². The fourth-order valence-electron chi connectivity index (χ4n) is 2.39. The molecule has 1 saturated carbocycles. The van der Waals surface area contributed by atoms with Gasteiger partial charge in [0.25, 0.3) is 0 Å². The Kier molecular flexibility index (Phi) is 4.74. The minimum absolute atomic E-state index is 0.0955. The maximum atomic E-state index is 11.9. The lowest BCUT2D eigenvalue weighted by Crippen LogP contribution is -2.48. The number of amides is 1. The van der Waals surface area contributed by atoms with E-state index in [9.17, 15) is 9.59 Å². The summed E-state index contributed by atoms with van der Waals surface area (Å²) in [6.45, 7) is 2.64. The first kappa shape index (κ1) is 14.5. The van der Waals surface area contributed by atoms with Crippen LogP contribution < -0.4 is 5.32 Å². The monoisotopic (exact) mass is 277 g/mol. The molecule has 108 valence electrons. The molecule has 1 aliphatic carbocycles. The number of rotatable bonds is 6. The molecule has 1 aromatic carbocycles. The Labute approximate surface area is 117 Å². The summed E-state index contributed by atoms with van der Waals surface area (Å²) in [5.74, 6) is -1.15. The van der Waals surface area contributed by atoms with Crippen molar-refractivity contribution in [2.24, 2.45) is 0 Å². The molecule has 1 fully saturated rings. The van der Waals surface area contributed by atoms with Crippen molar-refractivity contribution in [2.75, 3.05) is 6.61 Å². The normalized spacial score (nSPS) is 21.1. The largest absolute Gasteiger partial charge is 0.478 e. The topological polar surface area (TPSA) is 75.6 Å². The first-order valence-electron chi connectivity index (χ1n) is 6.82. The highest BCUT2D eigenvalue weighted by Crippen LogP contribution is 2.23. The maximum Gasteiger partial charge on any atom is 0.335 e. The molecular weight excluding hydrogens is 258 g/mol. The lowest BCUT2D eigenvalue weighted by atomic mass is 9.89. The molecule has 0 bridgehead atoms. The number of hydrogen-bond donors (Lipinski definition) is 2. The molecule has 1 aromatic rings. The van der Waals surface area contributed by atoms with Gasteiger partial charge >= 0.3 is 5.97 Å². The van der Waals surface area contributed by atoms with Gasteiger partial charge in [0.1, 0.15) is 0 Å². The SMILES string of the molecule is CCOC1CC(NC(=O)Cc2ccccc2C(=O)O)C1. The fraction of sp³-hybridized carbons (Fsp3) is 0.467. The molecule has 0 atom stereocenters. The Bertz CT molecular complexity index is 494. The van der Waals surface area contributed by atoms with Crippen LogP contribution in [0, 0.1) is 0 Å². The lowest BCUT2D eigenvalue weighted by Gasteiger charge is -2.35. The molecule has 1 amide bonds. The third-order valence-electron chi connectivity index (χ3n) is 3.46. The van der Waals surface area contributed by atoms with Gasteiger partial charge < -0.3 is 15.2 Å². The van der Waals surface area contributed by atoms with Gasteiger partial charge in [-0.05, 0) is 31.4 Å². The standard InChI is InChI=1S/C15H19NO4/c1-2-20-12-8-11(9-12)16-14(17)7-10-5-3-4-6-13(10)15(18)19/h3-6,11-12H,2,7-9H2,1H3,(H,16,17)(H,18,19). The summed E-state index contributed by atoms with van der Waals surface area (Å²) >= 11 is 0. The van der Waals surface area contributed by atoms with Gasteiger partial charge in [-0.2, -0.15) is 0 Å². The van der Waals surface area contributed by atoms with E-state index < -0.39 is 5.97 Å². The second-order valence-electron chi connectivity index (χ2n) is 4.95. The van der Waals surface area contributed by atoms with E-state index in [1.807, 2.05) is 6.92 Å². The Balaban J connectivity index is 1.85. The van der Waals surface area contributed by atoms with E-state index in [4.69, 9.17) is 9.84 Å². The van der Waals surface area contributed by atoms with Crippen LogP contribution in [0.25, 0.3) is 0 Å². The van der Waals surface area contributed by atoms with Crippen molar-refractivity contribution < 1.29 is 19.4 Å². The summed E-state index contributed by atoms with van der Waals surface area (Å²) in [6, 6.07) is 6.73. The predicted molar refractivity (Wildman–Crippen MR) is 73.7 cm³/mol. The molecule has 5 heteroatoms. The second kappa shape index (κ2) is 6.52. The van der Waals surface area contributed by atoms with E-state index in [1.165, 1.54) is 6.07 Å². The summed E-state index contributed by atoms with van der Waals surface area (Å²) in [6.07, 6.45) is 2.01. The number of carboxylic acids is 1. The van der Waals surface area contributed by atoms with E-state index in [0.717, 1.165) is 12.8 Å².